The lowest BCUT2D eigenvalue weighted by Gasteiger charge is -2.07. The first kappa shape index (κ1) is 15.6. The van der Waals surface area contributed by atoms with Gasteiger partial charge in [-0.3, -0.25) is 4.98 Å². The zero-order valence-electron chi connectivity index (χ0n) is 13.9. The van der Waals surface area contributed by atoms with Crippen LogP contribution in [0.5, 0.6) is 0 Å². The van der Waals surface area contributed by atoms with Gasteiger partial charge in [-0.15, -0.1) is 16.4 Å². The molecule has 27 heavy (non-hydrogen) atoms. The second kappa shape index (κ2) is 6.58. The van der Waals surface area contributed by atoms with Crippen LogP contribution in [-0.2, 0) is 0 Å². The first-order chi connectivity index (χ1) is 13.4. The van der Waals surface area contributed by atoms with Gasteiger partial charge in [0.05, 0.1) is 10.6 Å². The molecule has 5 rings (SSSR count). The van der Waals surface area contributed by atoms with E-state index in [0.717, 1.165) is 21.8 Å². The summed E-state index contributed by atoms with van der Waals surface area (Å²) >= 11 is 1.54. The smallest absolute Gasteiger partial charge is 0.268 e. The van der Waals surface area contributed by atoms with E-state index in [1.54, 1.807) is 28.4 Å². The van der Waals surface area contributed by atoms with Crippen LogP contribution in [0.3, 0.4) is 0 Å². The van der Waals surface area contributed by atoms with E-state index in [9.17, 15) is 0 Å². The quantitative estimate of drug-likeness (QED) is 0.472. The van der Waals surface area contributed by atoms with Crippen LogP contribution in [0.2, 0.25) is 0 Å². The van der Waals surface area contributed by atoms with Crippen molar-refractivity contribution in [3.63, 3.8) is 0 Å². The highest BCUT2D eigenvalue weighted by Gasteiger charge is 2.22. The number of nitrogens with zero attached hydrogens (tertiary/aromatic N) is 6. The molecule has 4 heterocycles. The third-order valence-corrected chi connectivity index (χ3v) is 4.85. The molecule has 130 valence electrons. The molecule has 0 saturated heterocycles. The van der Waals surface area contributed by atoms with Gasteiger partial charge in [-0.2, -0.15) is 4.98 Å². The van der Waals surface area contributed by atoms with Crippen molar-refractivity contribution in [1.29, 1.82) is 0 Å². The van der Waals surface area contributed by atoms with Crippen molar-refractivity contribution >= 4 is 11.3 Å². The van der Waals surface area contributed by atoms with E-state index in [0.29, 0.717) is 17.4 Å². The molecule has 0 bridgehead atoms. The average molecular weight is 372 g/mol. The Kier molecular flexibility index (Phi) is 3.80. The Morgan fingerprint density at radius 3 is 2.56 bits per heavy atom. The van der Waals surface area contributed by atoms with Crippen molar-refractivity contribution < 1.29 is 4.52 Å². The molecule has 4 aromatic heterocycles. The number of hydrogen-bond acceptors (Lipinski definition) is 7. The summed E-state index contributed by atoms with van der Waals surface area (Å²) in [4.78, 5) is 9.53. The fourth-order valence-corrected chi connectivity index (χ4v) is 3.42. The van der Waals surface area contributed by atoms with Crippen LogP contribution in [0.1, 0.15) is 0 Å². The Morgan fingerprint density at radius 1 is 0.926 bits per heavy atom. The minimum absolute atomic E-state index is 0.396. The van der Waals surface area contributed by atoms with E-state index < -0.39 is 0 Å². The monoisotopic (exact) mass is 372 g/mol. The molecule has 8 heteroatoms. The Morgan fingerprint density at radius 2 is 1.78 bits per heavy atom. The number of hydrogen-bond donors (Lipinski definition) is 0. The van der Waals surface area contributed by atoms with Gasteiger partial charge in [0.2, 0.25) is 5.82 Å². The molecule has 1 aromatic carbocycles. The summed E-state index contributed by atoms with van der Waals surface area (Å²) in [5.74, 6) is 0.863. The van der Waals surface area contributed by atoms with Crippen LogP contribution in [0.25, 0.3) is 39.2 Å². The first-order valence-electron chi connectivity index (χ1n) is 8.19. The Balaban J connectivity index is 1.68. The van der Waals surface area contributed by atoms with E-state index >= 15 is 0 Å². The molecule has 0 saturated carbocycles. The highest BCUT2D eigenvalue weighted by atomic mass is 32.1. The lowest BCUT2D eigenvalue weighted by Crippen LogP contribution is -1.99. The van der Waals surface area contributed by atoms with E-state index in [2.05, 4.69) is 25.4 Å². The number of rotatable bonds is 4. The molecule has 7 nitrogen and oxygen atoms in total. The molecule has 0 radical (unpaired) electrons. The maximum absolute atomic E-state index is 5.43. The lowest BCUT2D eigenvalue weighted by atomic mass is 10.1. The third kappa shape index (κ3) is 2.81. The van der Waals surface area contributed by atoms with E-state index in [4.69, 9.17) is 4.52 Å². The zero-order valence-corrected chi connectivity index (χ0v) is 14.7. The SMILES string of the molecule is c1ccc(-n2nnc(-c3noc(-c4cccs4)n3)c2-c2ccncc2)cc1. The minimum Gasteiger partial charge on any atom is -0.333 e. The molecular formula is C19H12N6OS. The summed E-state index contributed by atoms with van der Waals surface area (Å²) in [6.45, 7) is 0. The van der Waals surface area contributed by atoms with Gasteiger partial charge in [0.15, 0.2) is 5.69 Å². The Bertz CT molecular complexity index is 1170. The number of pyridine rings is 1. The molecule has 0 unspecified atom stereocenters. The molecule has 0 spiro atoms. The third-order valence-electron chi connectivity index (χ3n) is 3.99. The summed E-state index contributed by atoms with van der Waals surface area (Å²) in [6.07, 6.45) is 3.46. The van der Waals surface area contributed by atoms with Crippen LogP contribution in [-0.4, -0.2) is 30.1 Å². The van der Waals surface area contributed by atoms with E-state index in [1.165, 1.54) is 0 Å². The molecule has 0 aliphatic heterocycles. The van der Waals surface area contributed by atoms with Gasteiger partial charge in [-0.1, -0.05) is 34.6 Å². The van der Waals surface area contributed by atoms with Gasteiger partial charge in [-0.25, -0.2) is 4.68 Å². The van der Waals surface area contributed by atoms with Crippen molar-refractivity contribution in [2.75, 3.05) is 0 Å². The number of thiophene rings is 1. The predicted octanol–water partition coefficient (Wildman–Crippen LogP) is 4.11. The number of aromatic nitrogens is 6. The van der Waals surface area contributed by atoms with Gasteiger partial charge in [0.25, 0.3) is 5.89 Å². The molecule has 0 N–H and O–H groups in total. The first-order valence-corrected chi connectivity index (χ1v) is 9.07. The molecule has 0 fully saturated rings. The fraction of sp³-hybridized carbons (Fsp3) is 0. The molecule has 0 amide bonds. The average Bonchev–Trinajstić information content (AvgIpc) is 3.48. The summed E-state index contributed by atoms with van der Waals surface area (Å²) < 4.78 is 7.20. The van der Waals surface area contributed by atoms with Gasteiger partial charge >= 0.3 is 0 Å². The van der Waals surface area contributed by atoms with Gasteiger partial charge in [0.1, 0.15) is 5.69 Å². The van der Waals surface area contributed by atoms with Crippen LogP contribution in [0.4, 0.5) is 0 Å². The highest BCUT2D eigenvalue weighted by Crippen LogP contribution is 2.32. The number of para-hydroxylation sites is 1. The highest BCUT2D eigenvalue weighted by molar-refractivity contribution is 7.13. The fourth-order valence-electron chi connectivity index (χ4n) is 2.77. The molecule has 0 aliphatic rings. The second-order valence-corrected chi connectivity index (χ2v) is 6.62. The number of benzene rings is 1. The zero-order chi connectivity index (χ0) is 18.1. The van der Waals surface area contributed by atoms with Gasteiger partial charge in [-0.05, 0) is 35.7 Å². The van der Waals surface area contributed by atoms with Crippen LogP contribution in [0.15, 0.2) is 76.9 Å². The minimum atomic E-state index is 0.396. The van der Waals surface area contributed by atoms with Gasteiger partial charge in [0, 0.05) is 18.0 Å². The van der Waals surface area contributed by atoms with Crippen LogP contribution < -0.4 is 0 Å². The van der Waals surface area contributed by atoms with Gasteiger partial charge < -0.3 is 4.52 Å². The lowest BCUT2D eigenvalue weighted by molar-refractivity contribution is 0.433. The van der Waals surface area contributed by atoms with E-state index in [-0.39, 0.29) is 0 Å². The summed E-state index contributed by atoms with van der Waals surface area (Å²) in [5.41, 5.74) is 3.14. The van der Waals surface area contributed by atoms with Crippen molar-refractivity contribution in [3.8, 4) is 39.2 Å². The largest absolute Gasteiger partial charge is 0.333 e. The van der Waals surface area contributed by atoms with Crippen LogP contribution >= 0.6 is 11.3 Å². The Hall–Kier alpha value is -3.65. The second-order valence-electron chi connectivity index (χ2n) is 5.67. The molecule has 5 aromatic rings. The van der Waals surface area contributed by atoms with E-state index in [1.807, 2.05) is 60.0 Å². The van der Waals surface area contributed by atoms with Crippen molar-refractivity contribution in [2.24, 2.45) is 0 Å². The van der Waals surface area contributed by atoms with Crippen molar-refractivity contribution in [3.05, 3.63) is 72.4 Å². The standard InChI is InChI=1S/C19H12N6OS/c1-2-5-14(6-3-1)25-17(13-8-10-20-11-9-13)16(22-24-25)18-21-19(26-23-18)15-7-4-12-27-15/h1-12H. The molecular weight excluding hydrogens is 360 g/mol. The maximum atomic E-state index is 5.43. The maximum Gasteiger partial charge on any atom is 0.268 e. The normalized spacial score (nSPS) is 11.0. The van der Waals surface area contributed by atoms with Crippen molar-refractivity contribution in [1.82, 2.24) is 30.1 Å². The van der Waals surface area contributed by atoms with Crippen molar-refractivity contribution in [2.45, 2.75) is 0 Å². The predicted molar refractivity (Wildman–Crippen MR) is 101 cm³/mol. The van der Waals surface area contributed by atoms with Crippen LogP contribution in [0, 0.1) is 0 Å². The molecule has 0 aliphatic carbocycles. The Labute approximate surface area is 158 Å². The summed E-state index contributed by atoms with van der Waals surface area (Å²) in [5, 5.41) is 14.8. The summed E-state index contributed by atoms with van der Waals surface area (Å²) in [6, 6.07) is 17.5. The summed E-state index contributed by atoms with van der Waals surface area (Å²) in [7, 11) is 0. The topological polar surface area (TPSA) is 82.5 Å². The molecule has 0 atom stereocenters.